The second-order valence-electron chi connectivity index (χ2n) is 7.69. The van der Waals surface area contributed by atoms with E-state index in [1.54, 1.807) is 24.3 Å². The smallest absolute Gasteiger partial charge is 0.242 e. The van der Waals surface area contributed by atoms with E-state index in [1.807, 2.05) is 20.8 Å². The molecule has 170 valence electrons. The molecule has 3 N–H and O–H groups in total. The Balaban J connectivity index is 2.15. The molecule has 1 unspecified atom stereocenters. The predicted octanol–water partition coefficient (Wildman–Crippen LogP) is 3.09. The number of carbonyl (C=O) groups is 1. The molecule has 0 aromatic heterocycles. The Hall–Kier alpha value is -2.43. The largest absolute Gasteiger partial charge is 0.325 e. The molecular weight excluding hydrogens is 438 g/mol. The monoisotopic (exact) mass is 467 g/mol. The Morgan fingerprint density at radius 3 is 1.97 bits per heavy atom. The van der Waals surface area contributed by atoms with Crippen LogP contribution in [0.1, 0.15) is 32.8 Å². The fourth-order valence-corrected chi connectivity index (χ4v) is 4.60. The summed E-state index contributed by atoms with van der Waals surface area (Å²) in [5, 5.41) is 2.69. The number of carbonyl (C=O) groups excluding carboxylic acids is 1. The number of rotatable bonds is 10. The van der Waals surface area contributed by atoms with E-state index in [0.29, 0.717) is 17.8 Å². The molecule has 8 nitrogen and oxygen atoms in total. The van der Waals surface area contributed by atoms with Gasteiger partial charge in [0.25, 0.3) is 0 Å². The van der Waals surface area contributed by atoms with Crippen LogP contribution in [0, 0.1) is 12.8 Å². The summed E-state index contributed by atoms with van der Waals surface area (Å²) in [5.41, 5.74) is 1.73. The lowest BCUT2D eigenvalue weighted by molar-refractivity contribution is -0.118. The van der Waals surface area contributed by atoms with Gasteiger partial charge in [0.1, 0.15) is 6.04 Å². The average Bonchev–Trinajstić information content (AvgIpc) is 2.68. The Kier molecular flexibility index (Phi) is 8.21. The summed E-state index contributed by atoms with van der Waals surface area (Å²) in [6.07, 6.45) is 0.311. The molecule has 0 saturated carbocycles. The van der Waals surface area contributed by atoms with E-state index in [-0.39, 0.29) is 16.6 Å². The third kappa shape index (κ3) is 7.64. The van der Waals surface area contributed by atoms with Crippen molar-refractivity contribution in [3.8, 4) is 0 Å². The predicted molar refractivity (Wildman–Crippen MR) is 123 cm³/mol. The molecule has 0 bridgehead atoms. The highest BCUT2D eigenvalue weighted by Gasteiger charge is 2.26. The molecule has 10 heteroatoms. The van der Waals surface area contributed by atoms with Gasteiger partial charge in [0.05, 0.1) is 10.6 Å². The van der Waals surface area contributed by atoms with Gasteiger partial charge in [-0.3, -0.25) is 9.52 Å². The molecular formula is C21H29N3O5S2. The third-order valence-electron chi connectivity index (χ3n) is 4.46. The minimum Gasteiger partial charge on any atom is -0.325 e. The summed E-state index contributed by atoms with van der Waals surface area (Å²) in [6, 6.07) is 11.6. The van der Waals surface area contributed by atoms with Crippen LogP contribution < -0.4 is 14.8 Å². The summed E-state index contributed by atoms with van der Waals surface area (Å²) in [7, 11) is -7.28. The molecule has 2 rings (SSSR count). The molecule has 0 saturated heterocycles. The third-order valence-corrected chi connectivity index (χ3v) is 7.25. The number of amides is 1. The summed E-state index contributed by atoms with van der Waals surface area (Å²) < 4.78 is 53.7. The van der Waals surface area contributed by atoms with E-state index in [9.17, 15) is 21.6 Å². The second kappa shape index (κ2) is 10.3. The SMILES string of the molecule is CCS(=O)(=O)Nc1ccc(NC(=O)C(CC(C)C)NS(=O)(=O)c2ccc(C)cc2)cc1. The lowest BCUT2D eigenvalue weighted by atomic mass is 10.0. The topological polar surface area (TPSA) is 121 Å². The lowest BCUT2D eigenvalue weighted by Crippen LogP contribution is -2.44. The number of hydrogen-bond acceptors (Lipinski definition) is 5. The first-order valence-corrected chi connectivity index (χ1v) is 13.1. The van der Waals surface area contributed by atoms with Gasteiger partial charge >= 0.3 is 0 Å². The highest BCUT2D eigenvalue weighted by molar-refractivity contribution is 7.92. The van der Waals surface area contributed by atoms with Crippen molar-refractivity contribution in [3.63, 3.8) is 0 Å². The zero-order valence-corrected chi connectivity index (χ0v) is 19.7. The molecule has 0 radical (unpaired) electrons. The molecule has 2 aromatic rings. The minimum atomic E-state index is -3.88. The maximum atomic E-state index is 12.8. The number of hydrogen-bond donors (Lipinski definition) is 3. The molecule has 0 aliphatic carbocycles. The van der Waals surface area contributed by atoms with Crippen LogP contribution in [0.4, 0.5) is 11.4 Å². The molecule has 1 amide bonds. The van der Waals surface area contributed by atoms with E-state index < -0.39 is 32.0 Å². The van der Waals surface area contributed by atoms with Gasteiger partial charge in [-0.25, -0.2) is 16.8 Å². The Morgan fingerprint density at radius 2 is 1.45 bits per heavy atom. The molecule has 2 aromatic carbocycles. The summed E-state index contributed by atoms with van der Waals surface area (Å²) in [5.74, 6) is -0.475. The van der Waals surface area contributed by atoms with Crippen molar-refractivity contribution in [1.29, 1.82) is 0 Å². The van der Waals surface area contributed by atoms with Crippen molar-refractivity contribution >= 4 is 37.3 Å². The van der Waals surface area contributed by atoms with Crippen molar-refractivity contribution < 1.29 is 21.6 Å². The highest BCUT2D eigenvalue weighted by atomic mass is 32.2. The summed E-state index contributed by atoms with van der Waals surface area (Å²) >= 11 is 0. The first-order valence-electron chi connectivity index (χ1n) is 9.92. The fraction of sp³-hybridized carbons (Fsp3) is 0.381. The Bertz CT molecular complexity index is 1090. The molecule has 0 aliphatic heterocycles. The number of aryl methyl sites for hydroxylation is 1. The molecule has 0 spiro atoms. The lowest BCUT2D eigenvalue weighted by Gasteiger charge is -2.20. The van der Waals surface area contributed by atoms with Gasteiger partial charge in [0.15, 0.2) is 0 Å². The van der Waals surface area contributed by atoms with E-state index in [0.717, 1.165) is 5.56 Å². The van der Waals surface area contributed by atoms with Gasteiger partial charge in [0, 0.05) is 11.4 Å². The van der Waals surface area contributed by atoms with Crippen LogP contribution >= 0.6 is 0 Å². The molecule has 0 aliphatic rings. The molecule has 0 heterocycles. The number of sulfonamides is 2. The van der Waals surface area contributed by atoms with Crippen molar-refractivity contribution in [2.24, 2.45) is 5.92 Å². The van der Waals surface area contributed by atoms with Crippen LogP contribution in [0.5, 0.6) is 0 Å². The van der Waals surface area contributed by atoms with E-state index in [1.165, 1.54) is 31.2 Å². The zero-order valence-electron chi connectivity index (χ0n) is 18.0. The summed E-state index contributed by atoms with van der Waals surface area (Å²) in [6.45, 7) is 7.19. The van der Waals surface area contributed by atoms with E-state index in [2.05, 4.69) is 14.8 Å². The first kappa shape index (κ1) is 24.8. The first-order chi connectivity index (χ1) is 14.4. The highest BCUT2D eigenvalue weighted by Crippen LogP contribution is 2.18. The van der Waals surface area contributed by atoms with Crippen LogP contribution in [0.2, 0.25) is 0 Å². The van der Waals surface area contributed by atoms with Gasteiger partial charge < -0.3 is 5.32 Å². The van der Waals surface area contributed by atoms with Crippen LogP contribution in [0.15, 0.2) is 53.4 Å². The summed E-state index contributed by atoms with van der Waals surface area (Å²) in [4.78, 5) is 12.9. The molecule has 1 atom stereocenters. The van der Waals surface area contributed by atoms with Crippen molar-refractivity contribution in [3.05, 3.63) is 54.1 Å². The van der Waals surface area contributed by atoms with Crippen molar-refractivity contribution in [1.82, 2.24) is 4.72 Å². The Morgan fingerprint density at radius 1 is 0.903 bits per heavy atom. The van der Waals surface area contributed by atoms with Crippen LogP contribution in [-0.2, 0) is 24.8 Å². The number of benzene rings is 2. The van der Waals surface area contributed by atoms with Gasteiger partial charge in [0.2, 0.25) is 26.0 Å². The normalized spacial score (nSPS) is 13.1. The number of nitrogens with one attached hydrogen (secondary N) is 3. The maximum absolute atomic E-state index is 12.8. The quantitative estimate of drug-likeness (QED) is 0.496. The van der Waals surface area contributed by atoms with Crippen molar-refractivity contribution in [2.75, 3.05) is 15.8 Å². The molecule has 0 fully saturated rings. The minimum absolute atomic E-state index is 0.0521. The van der Waals surface area contributed by atoms with Gasteiger partial charge in [-0.05, 0) is 62.6 Å². The van der Waals surface area contributed by atoms with Crippen molar-refractivity contribution in [2.45, 2.75) is 45.1 Å². The fourth-order valence-electron chi connectivity index (χ4n) is 2.76. The van der Waals surface area contributed by atoms with Gasteiger partial charge in [-0.1, -0.05) is 31.5 Å². The Labute approximate surface area is 184 Å². The standard InChI is InChI=1S/C21H29N3O5S2/c1-5-30(26,27)23-18-10-8-17(9-11-18)22-21(25)20(14-15(2)3)24-31(28,29)19-12-6-16(4)7-13-19/h6-13,15,20,23-24H,5,14H2,1-4H3,(H,22,25). The second-order valence-corrected chi connectivity index (χ2v) is 11.4. The maximum Gasteiger partial charge on any atom is 0.242 e. The van der Waals surface area contributed by atoms with E-state index >= 15 is 0 Å². The van der Waals surface area contributed by atoms with Crippen LogP contribution in [0.3, 0.4) is 0 Å². The van der Waals surface area contributed by atoms with E-state index in [4.69, 9.17) is 0 Å². The number of anilines is 2. The molecule has 31 heavy (non-hydrogen) atoms. The average molecular weight is 468 g/mol. The van der Waals surface area contributed by atoms with Gasteiger partial charge in [-0.15, -0.1) is 0 Å². The van der Waals surface area contributed by atoms with Crippen LogP contribution in [0.25, 0.3) is 0 Å². The van der Waals surface area contributed by atoms with Crippen LogP contribution in [-0.4, -0.2) is 34.5 Å². The zero-order chi connectivity index (χ0) is 23.2. The van der Waals surface area contributed by atoms with Gasteiger partial charge in [-0.2, -0.15) is 4.72 Å².